The minimum absolute atomic E-state index is 0.0550. The minimum Gasteiger partial charge on any atom is -0.395 e. The topological polar surface area (TPSA) is 81.7 Å². The third kappa shape index (κ3) is 19.6. The van der Waals surface area contributed by atoms with E-state index in [4.69, 9.17) is 0 Å². The van der Waals surface area contributed by atoms with E-state index in [1.54, 1.807) is 0 Å². The molecule has 0 aromatic carbocycles. The van der Waals surface area contributed by atoms with Crippen molar-refractivity contribution < 1.29 is 14.7 Å². The van der Waals surface area contributed by atoms with Crippen LogP contribution in [-0.2, 0) is 9.59 Å². The Morgan fingerprint density at radius 2 is 1.17 bits per heavy atom. The second-order valence-electron chi connectivity index (χ2n) is 7.57. The lowest BCUT2D eigenvalue weighted by molar-refractivity contribution is -0.121. The van der Waals surface area contributed by atoms with E-state index in [1.165, 1.54) is 25.7 Å². The van der Waals surface area contributed by atoms with Gasteiger partial charge in [-0.1, -0.05) is 63.8 Å². The first-order valence-electron chi connectivity index (χ1n) is 11.8. The lowest BCUT2D eigenvalue weighted by Crippen LogP contribution is -2.40. The molecule has 0 unspecified atom stereocenters. The molecular formula is C24H45N3O3. The number of hydrogen-bond donors (Lipinski definition) is 3. The number of carbonyl (C=O) groups excluding carboxylic acids is 2. The molecular weight excluding hydrogens is 378 g/mol. The zero-order valence-corrected chi connectivity index (χ0v) is 19.3. The molecule has 6 nitrogen and oxygen atoms in total. The Balaban J connectivity index is 3.85. The molecule has 174 valence electrons. The van der Waals surface area contributed by atoms with E-state index in [2.05, 4.69) is 53.7 Å². The van der Waals surface area contributed by atoms with Crippen LogP contribution >= 0.6 is 0 Å². The molecule has 0 atom stereocenters. The van der Waals surface area contributed by atoms with Gasteiger partial charge in [0.1, 0.15) is 0 Å². The highest BCUT2D eigenvalue weighted by molar-refractivity contribution is 5.76. The molecule has 0 aliphatic rings. The molecule has 0 aliphatic carbocycles. The summed E-state index contributed by atoms with van der Waals surface area (Å²) in [7, 11) is 0. The van der Waals surface area contributed by atoms with Crippen LogP contribution in [0.4, 0.5) is 0 Å². The summed E-state index contributed by atoms with van der Waals surface area (Å²) < 4.78 is 0. The van der Waals surface area contributed by atoms with Gasteiger partial charge in [-0.05, 0) is 25.7 Å². The van der Waals surface area contributed by atoms with Crippen molar-refractivity contribution >= 4 is 11.8 Å². The monoisotopic (exact) mass is 423 g/mol. The lowest BCUT2D eigenvalue weighted by atomic mass is 10.2. The average molecular weight is 424 g/mol. The van der Waals surface area contributed by atoms with Crippen molar-refractivity contribution in [2.45, 2.75) is 78.1 Å². The van der Waals surface area contributed by atoms with Gasteiger partial charge in [-0.15, -0.1) is 0 Å². The minimum atomic E-state index is 0.0550. The van der Waals surface area contributed by atoms with Gasteiger partial charge in [0.05, 0.1) is 6.61 Å². The summed E-state index contributed by atoms with van der Waals surface area (Å²) in [6.45, 7) is 7.36. The van der Waals surface area contributed by atoms with Crippen molar-refractivity contribution in [3.63, 3.8) is 0 Å². The van der Waals surface area contributed by atoms with Crippen LogP contribution in [0.5, 0.6) is 0 Å². The summed E-state index contributed by atoms with van der Waals surface area (Å²) in [5.74, 6) is 0.110. The van der Waals surface area contributed by atoms with Gasteiger partial charge in [0, 0.05) is 45.6 Å². The first-order chi connectivity index (χ1) is 14.6. The Kier molecular flexibility index (Phi) is 20.8. The second kappa shape index (κ2) is 22.0. The quantitative estimate of drug-likeness (QED) is 0.207. The number of nitrogens with one attached hydrogen (secondary N) is 2. The first kappa shape index (κ1) is 28.3. The highest BCUT2D eigenvalue weighted by Crippen LogP contribution is 1.99. The van der Waals surface area contributed by atoms with Crippen molar-refractivity contribution in [3.8, 4) is 0 Å². The highest BCUT2D eigenvalue weighted by Gasteiger charge is 2.07. The maximum absolute atomic E-state index is 11.9. The summed E-state index contributed by atoms with van der Waals surface area (Å²) in [6, 6.07) is 0. The molecule has 0 rings (SSSR count). The number of amides is 2. The summed E-state index contributed by atoms with van der Waals surface area (Å²) in [5, 5.41) is 15.1. The number of aliphatic hydroxyl groups is 1. The maximum atomic E-state index is 11.9. The van der Waals surface area contributed by atoms with Crippen LogP contribution in [0.15, 0.2) is 24.3 Å². The molecule has 0 aliphatic heterocycles. The van der Waals surface area contributed by atoms with Gasteiger partial charge in [0.15, 0.2) is 0 Å². The van der Waals surface area contributed by atoms with Crippen molar-refractivity contribution in [2.75, 3.05) is 39.3 Å². The zero-order chi connectivity index (χ0) is 22.3. The van der Waals surface area contributed by atoms with E-state index in [-0.39, 0.29) is 18.4 Å². The number of aliphatic hydroxyl groups excluding tert-OH is 1. The number of hydrogen-bond acceptors (Lipinski definition) is 4. The molecule has 0 heterocycles. The maximum Gasteiger partial charge on any atom is 0.220 e. The zero-order valence-electron chi connectivity index (χ0n) is 19.3. The predicted octanol–water partition coefficient (Wildman–Crippen LogP) is 3.57. The Hall–Kier alpha value is -1.66. The smallest absolute Gasteiger partial charge is 0.220 e. The van der Waals surface area contributed by atoms with Gasteiger partial charge >= 0.3 is 0 Å². The molecule has 6 heteroatoms. The Bertz CT molecular complexity index is 438. The van der Waals surface area contributed by atoms with Crippen LogP contribution in [0.2, 0.25) is 0 Å². The van der Waals surface area contributed by atoms with Crippen LogP contribution in [0.1, 0.15) is 78.1 Å². The fraction of sp³-hybridized carbons (Fsp3) is 0.750. The van der Waals surface area contributed by atoms with E-state index < -0.39 is 0 Å². The SMILES string of the molecule is CCCC/C=C/CCC(=O)NCCN(CCO)CCNC(=O)CC/C=C/CCCC. The van der Waals surface area contributed by atoms with Crippen LogP contribution in [0.25, 0.3) is 0 Å². The second-order valence-corrected chi connectivity index (χ2v) is 7.57. The number of rotatable bonds is 20. The van der Waals surface area contributed by atoms with Crippen molar-refractivity contribution in [1.29, 1.82) is 0 Å². The van der Waals surface area contributed by atoms with Crippen molar-refractivity contribution in [2.24, 2.45) is 0 Å². The molecule has 0 fully saturated rings. The van der Waals surface area contributed by atoms with Crippen LogP contribution in [0, 0.1) is 0 Å². The third-order valence-electron chi connectivity index (χ3n) is 4.77. The van der Waals surface area contributed by atoms with Gasteiger partial charge < -0.3 is 15.7 Å². The normalized spacial score (nSPS) is 11.6. The molecule has 30 heavy (non-hydrogen) atoms. The Labute approximate surface area is 184 Å². The fourth-order valence-electron chi connectivity index (χ4n) is 2.90. The molecule has 0 aromatic rings. The van der Waals surface area contributed by atoms with Gasteiger partial charge in [0.25, 0.3) is 0 Å². The van der Waals surface area contributed by atoms with Gasteiger partial charge in [0.2, 0.25) is 11.8 Å². The lowest BCUT2D eigenvalue weighted by Gasteiger charge is -2.21. The molecule has 0 bridgehead atoms. The predicted molar refractivity (Wildman–Crippen MR) is 125 cm³/mol. The molecule has 0 saturated heterocycles. The molecule has 0 aromatic heterocycles. The molecule has 0 spiro atoms. The number of allylic oxidation sites excluding steroid dienone is 4. The van der Waals surface area contributed by atoms with Crippen LogP contribution in [0.3, 0.4) is 0 Å². The number of carbonyl (C=O) groups is 2. The molecule has 3 N–H and O–H groups in total. The number of unbranched alkanes of at least 4 members (excludes halogenated alkanes) is 4. The van der Waals surface area contributed by atoms with Crippen molar-refractivity contribution in [1.82, 2.24) is 15.5 Å². The van der Waals surface area contributed by atoms with Gasteiger partial charge in [-0.2, -0.15) is 0 Å². The Morgan fingerprint density at radius 1 is 0.733 bits per heavy atom. The summed E-state index contributed by atoms with van der Waals surface area (Å²) in [5.41, 5.74) is 0. The molecule has 0 radical (unpaired) electrons. The third-order valence-corrected chi connectivity index (χ3v) is 4.77. The van der Waals surface area contributed by atoms with Gasteiger partial charge in [-0.3, -0.25) is 14.5 Å². The highest BCUT2D eigenvalue weighted by atomic mass is 16.3. The largest absolute Gasteiger partial charge is 0.395 e. The number of nitrogens with zero attached hydrogens (tertiary/aromatic N) is 1. The van der Waals surface area contributed by atoms with E-state index in [0.29, 0.717) is 45.6 Å². The summed E-state index contributed by atoms with van der Waals surface area (Å²) in [4.78, 5) is 25.8. The molecule has 0 saturated carbocycles. The standard InChI is InChI=1S/C24H45N3O3/c1-3-5-7-9-11-13-15-23(29)25-17-19-27(21-22-28)20-18-26-24(30)16-14-12-10-8-6-4-2/h9-12,28H,3-8,13-22H2,1-2H3,(H,25,29)(H,26,30)/b11-9+,12-10+. The average Bonchev–Trinajstić information content (AvgIpc) is 2.73. The van der Waals surface area contributed by atoms with E-state index >= 15 is 0 Å². The summed E-state index contributed by atoms with van der Waals surface area (Å²) >= 11 is 0. The van der Waals surface area contributed by atoms with Crippen LogP contribution < -0.4 is 10.6 Å². The van der Waals surface area contributed by atoms with E-state index in [1.807, 2.05) is 0 Å². The van der Waals surface area contributed by atoms with E-state index in [0.717, 1.165) is 25.7 Å². The van der Waals surface area contributed by atoms with Crippen LogP contribution in [-0.4, -0.2) is 61.2 Å². The van der Waals surface area contributed by atoms with Crippen molar-refractivity contribution in [3.05, 3.63) is 24.3 Å². The summed E-state index contributed by atoms with van der Waals surface area (Å²) in [6.07, 6.45) is 18.0. The fourth-order valence-corrected chi connectivity index (χ4v) is 2.90. The van der Waals surface area contributed by atoms with Gasteiger partial charge in [-0.25, -0.2) is 0 Å². The first-order valence-corrected chi connectivity index (χ1v) is 11.8. The van der Waals surface area contributed by atoms with E-state index in [9.17, 15) is 14.7 Å². The Morgan fingerprint density at radius 3 is 1.57 bits per heavy atom. The molecule has 2 amide bonds.